The molecule has 7 fully saturated rings. The topological polar surface area (TPSA) is 123 Å². The van der Waals surface area contributed by atoms with Gasteiger partial charge in [0.1, 0.15) is 17.3 Å². The third kappa shape index (κ3) is 6.31. The van der Waals surface area contributed by atoms with Gasteiger partial charge < -0.3 is 24.6 Å². The molecule has 12 nitrogen and oxygen atoms in total. The molecule has 48 heavy (non-hydrogen) atoms. The quantitative estimate of drug-likeness (QED) is 0.283. The molecule has 2 spiro atoms. The Labute approximate surface area is 295 Å². The number of aliphatic imine (C=N–C) groups is 1. The van der Waals surface area contributed by atoms with Gasteiger partial charge in [-0.3, -0.25) is 15.2 Å². The predicted octanol–water partition coefficient (Wildman–Crippen LogP) is 4.89. The van der Waals surface area contributed by atoms with E-state index in [0.717, 1.165) is 64.0 Å². The number of oxime groups is 1. The van der Waals surface area contributed by atoms with Crippen LogP contribution in [0.2, 0.25) is 0 Å². The van der Waals surface area contributed by atoms with Crippen LogP contribution >= 0.6 is 28.3 Å². The van der Waals surface area contributed by atoms with Crippen molar-refractivity contribution in [2.45, 2.75) is 49.7 Å². The molecule has 14 heteroatoms. The van der Waals surface area contributed by atoms with Crippen LogP contribution in [0, 0.1) is 11.8 Å². The molecule has 10 heterocycles. The Bertz CT molecular complexity index is 1840. The summed E-state index contributed by atoms with van der Waals surface area (Å²) < 4.78 is 5.11. The molecule has 2 aromatic heterocycles. The molecule has 256 valence electrons. The van der Waals surface area contributed by atoms with Gasteiger partial charge in [-0.1, -0.05) is 21.1 Å². The highest BCUT2D eigenvalue weighted by molar-refractivity contribution is 9.10. The monoisotopic (exact) mass is 738 g/mol. The van der Waals surface area contributed by atoms with E-state index < -0.39 is 0 Å². The maximum Gasteiger partial charge on any atom is 0.160 e. The van der Waals surface area contributed by atoms with Crippen molar-refractivity contribution in [3.05, 3.63) is 53.5 Å². The lowest BCUT2D eigenvalue weighted by Crippen LogP contribution is -2.59. The van der Waals surface area contributed by atoms with Crippen LogP contribution in [-0.2, 0) is 23.8 Å². The molecular weight excluding hydrogens is 696 g/mol. The van der Waals surface area contributed by atoms with Gasteiger partial charge in [0.15, 0.2) is 5.60 Å². The number of aromatic nitrogens is 4. The Morgan fingerprint density at radius 2 is 1.42 bits per heavy atom. The summed E-state index contributed by atoms with van der Waals surface area (Å²) in [6.07, 6.45) is 10.4. The fourth-order valence-electron chi connectivity index (χ4n) is 8.41. The largest absolute Gasteiger partial charge is 0.386 e. The molecule has 0 saturated carbocycles. The molecule has 4 bridgehead atoms. The zero-order valence-electron chi connectivity index (χ0n) is 27.5. The van der Waals surface area contributed by atoms with Gasteiger partial charge >= 0.3 is 0 Å². The van der Waals surface area contributed by atoms with E-state index in [1.807, 2.05) is 60.1 Å². The van der Waals surface area contributed by atoms with Gasteiger partial charge in [0, 0.05) is 44.0 Å². The molecule has 8 aliphatic heterocycles. The zero-order valence-corrected chi connectivity index (χ0v) is 29.9. The van der Waals surface area contributed by atoms with Gasteiger partial charge in [-0.05, 0) is 94.2 Å². The highest BCUT2D eigenvalue weighted by Crippen LogP contribution is 2.43. The smallest absolute Gasteiger partial charge is 0.160 e. The summed E-state index contributed by atoms with van der Waals surface area (Å²) in [6, 6.07) is 12.2. The lowest BCUT2D eigenvalue weighted by Gasteiger charge is -2.49. The van der Waals surface area contributed by atoms with Gasteiger partial charge in [-0.2, -0.15) is 0 Å². The number of halogens is 2. The number of fused-ring (bicyclic) bond motifs is 6. The van der Waals surface area contributed by atoms with Crippen LogP contribution in [0.5, 0.6) is 0 Å². The third-order valence-electron chi connectivity index (χ3n) is 11.0. The average molecular weight is 740 g/mol. The molecule has 0 unspecified atom stereocenters. The fraction of sp³-hybridized carbons (Fsp3) is 0.529. The molecule has 12 rings (SSSR count). The number of hydrogen-bond donors (Lipinski definition) is 2. The highest BCUT2D eigenvalue weighted by Gasteiger charge is 2.53. The van der Waals surface area contributed by atoms with E-state index >= 15 is 0 Å². The SMILES string of the molecule is Cl.Cn1cnc2ccc(Br)cc21.Cn1cnc2ccc(N=C3C[C@@]4(CN5CCC4CC5)ON3)cc21.NC1=NO[C@@]2(C1)CN1CCC2CC1. The summed E-state index contributed by atoms with van der Waals surface area (Å²) in [4.78, 5) is 29.9. The molecule has 0 amide bonds. The number of aryl methyl sites for hydroxylation is 2. The molecule has 2 atom stereocenters. The van der Waals surface area contributed by atoms with Crippen LogP contribution in [0.3, 0.4) is 0 Å². The summed E-state index contributed by atoms with van der Waals surface area (Å²) in [7, 11) is 3.99. The summed E-state index contributed by atoms with van der Waals surface area (Å²) in [5.41, 5.74) is 13.9. The number of imidazole rings is 2. The first-order valence-corrected chi connectivity index (χ1v) is 17.5. The number of piperidine rings is 6. The van der Waals surface area contributed by atoms with Crippen molar-refractivity contribution in [1.82, 2.24) is 34.4 Å². The standard InChI is InChI=1S/C17H21N5O.C9H15N3O.C8H7BrN2.ClH/c1-21-11-18-14-3-2-13(8-15(14)21)19-16-9-17(23-20-16)10-22-6-4-12(17)5-7-22;10-8-5-9(13-11-8)6-12-3-1-7(9)2-4-12;1-11-5-10-7-3-2-6(9)4-8(7)11;/h2-3,8,11-12H,4-7,9-10H2,1H3,(H,19,20);7H,1-6H2,(H2,10,11);2-5H,1H3;1H/t17-;9-;;/m00../s1. The summed E-state index contributed by atoms with van der Waals surface area (Å²) in [6.45, 7) is 6.97. The van der Waals surface area contributed by atoms with Gasteiger partial charge in [0.25, 0.3) is 0 Å². The minimum Gasteiger partial charge on any atom is -0.386 e. The van der Waals surface area contributed by atoms with Crippen molar-refractivity contribution in [3.8, 4) is 0 Å². The van der Waals surface area contributed by atoms with Crippen LogP contribution in [0.4, 0.5) is 5.69 Å². The van der Waals surface area contributed by atoms with Crippen molar-refractivity contribution in [2.24, 2.45) is 41.8 Å². The molecule has 0 radical (unpaired) electrons. The summed E-state index contributed by atoms with van der Waals surface area (Å²) in [5.74, 6) is 2.96. The average Bonchev–Trinajstić information content (AvgIpc) is 3.86. The lowest BCUT2D eigenvalue weighted by atomic mass is 9.74. The van der Waals surface area contributed by atoms with Crippen molar-refractivity contribution in [3.63, 3.8) is 0 Å². The normalized spacial score (nSPS) is 32.0. The number of nitrogens with two attached hydrogens (primary N) is 1. The maximum atomic E-state index is 6.06. The molecular formula is C34H44BrClN10O2. The molecule has 8 aliphatic rings. The Balaban J connectivity index is 0.000000124. The highest BCUT2D eigenvalue weighted by atomic mass is 79.9. The zero-order chi connectivity index (χ0) is 32.2. The number of hydrogen-bond acceptors (Lipinski definition) is 9. The van der Waals surface area contributed by atoms with Crippen molar-refractivity contribution in [2.75, 3.05) is 39.3 Å². The molecule has 2 aromatic carbocycles. The van der Waals surface area contributed by atoms with Crippen LogP contribution in [0.1, 0.15) is 38.5 Å². The van der Waals surface area contributed by atoms with Crippen LogP contribution in [0.15, 0.2) is 63.7 Å². The second kappa shape index (κ2) is 13.2. The predicted molar refractivity (Wildman–Crippen MR) is 193 cm³/mol. The van der Waals surface area contributed by atoms with Gasteiger partial charge in [-0.25, -0.2) is 15.0 Å². The molecule has 4 aromatic rings. The first-order valence-electron chi connectivity index (χ1n) is 16.7. The number of amidine groups is 2. The van der Waals surface area contributed by atoms with E-state index in [-0.39, 0.29) is 23.6 Å². The Kier molecular flexibility index (Phi) is 9.18. The number of benzene rings is 2. The number of nitrogens with zero attached hydrogens (tertiary/aromatic N) is 8. The Hall–Kier alpha value is -3.23. The van der Waals surface area contributed by atoms with E-state index in [1.54, 1.807) is 0 Å². The fourth-order valence-corrected chi connectivity index (χ4v) is 8.76. The summed E-state index contributed by atoms with van der Waals surface area (Å²) >= 11 is 3.41. The first-order chi connectivity index (χ1) is 22.8. The van der Waals surface area contributed by atoms with E-state index in [4.69, 9.17) is 20.4 Å². The van der Waals surface area contributed by atoms with E-state index in [2.05, 4.69) is 58.5 Å². The summed E-state index contributed by atoms with van der Waals surface area (Å²) in [5, 5.41) is 3.90. The number of rotatable bonds is 1. The van der Waals surface area contributed by atoms with Crippen LogP contribution in [-0.4, -0.2) is 91.0 Å². The van der Waals surface area contributed by atoms with Gasteiger partial charge in [0.2, 0.25) is 0 Å². The minimum atomic E-state index is -0.0635. The van der Waals surface area contributed by atoms with E-state index in [9.17, 15) is 0 Å². The van der Waals surface area contributed by atoms with Crippen LogP contribution in [0.25, 0.3) is 22.1 Å². The van der Waals surface area contributed by atoms with Crippen molar-refractivity contribution < 1.29 is 9.68 Å². The first kappa shape index (κ1) is 33.3. The maximum absolute atomic E-state index is 6.06. The lowest BCUT2D eigenvalue weighted by molar-refractivity contribution is -0.150. The Morgan fingerprint density at radius 3 is 1.98 bits per heavy atom. The molecule has 0 aliphatic carbocycles. The van der Waals surface area contributed by atoms with E-state index in [0.29, 0.717) is 17.7 Å². The third-order valence-corrected chi connectivity index (χ3v) is 11.5. The number of hydroxylamine groups is 1. The van der Waals surface area contributed by atoms with Crippen molar-refractivity contribution >= 4 is 67.8 Å². The van der Waals surface area contributed by atoms with Gasteiger partial charge in [0.05, 0.1) is 46.8 Å². The van der Waals surface area contributed by atoms with Crippen molar-refractivity contribution in [1.29, 1.82) is 0 Å². The number of nitrogens with one attached hydrogen (secondary N) is 1. The Morgan fingerprint density at radius 1 is 0.833 bits per heavy atom. The minimum absolute atomic E-state index is 0. The molecule has 7 saturated heterocycles. The van der Waals surface area contributed by atoms with Gasteiger partial charge in [-0.15, -0.1) is 12.4 Å². The molecule has 3 N–H and O–H groups in total. The second-order valence-electron chi connectivity index (χ2n) is 14.0. The van der Waals surface area contributed by atoms with E-state index in [1.165, 1.54) is 51.9 Å². The van der Waals surface area contributed by atoms with Crippen LogP contribution < -0.4 is 11.2 Å². The second-order valence-corrected chi connectivity index (χ2v) is 15.0.